The minimum Gasteiger partial charge on any atom is -0.494 e. The van der Waals surface area contributed by atoms with Crippen LogP contribution in [0, 0.1) is 13.8 Å². The fourth-order valence-corrected chi connectivity index (χ4v) is 4.23. The zero-order chi connectivity index (χ0) is 23.4. The molecule has 4 aromatic rings. The zero-order valence-electron chi connectivity index (χ0n) is 19.1. The van der Waals surface area contributed by atoms with E-state index in [1.807, 2.05) is 74.0 Å². The summed E-state index contributed by atoms with van der Waals surface area (Å²) in [4.78, 5) is 18.0. The van der Waals surface area contributed by atoms with Gasteiger partial charge in [0.25, 0.3) is 5.91 Å². The fourth-order valence-electron chi connectivity index (χ4n) is 3.87. The smallest absolute Gasteiger partial charge is 0.252 e. The van der Waals surface area contributed by atoms with E-state index in [4.69, 9.17) is 9.72 Å². The molecule has 0 atom stereocenters. The Hall–Kier alpha value is -3.19. The highest BCUT2D eigenvalue weighted by Crippen LogP contribution is 2.29. The normalized spacial score (nSPS) is 11.0. The van der Waals surface area contributed by atoms with Gasteiger partial charge < -0.3 is 10.1 Å². The third kappa shape index (κ3) is 5.42. The van der Waals surface area contributed by atoms with E-state index >= 15 is 0 Å². The first-order valence-electron chi connectivity index (χ1n) is 11.1. The van der Waals surface area contributed by atoms with E-state index in [0.29, 0.717) is 18.7 Å². The number of aryl methyl sites for hydroxylation is 3. The number of hydrogen-bond donors (Lipinski definition) is 1. The van der Waals surface area contributed by atoms with Crippen molar-refractivity contribution in [3.63, 3.8) is 0 Å². The van der Waals surface area contributed by atoms with Crippen LogP contribution in [-0.4, -0.2) is 33.8 Å². The summed E-state index contributed by atoms with van der Waals surface area (Å²) < 4.78 is 8.52. The predicted molar refractivity (Wildman–Crippen MR) is 135 cm³/mol. The Kier molecular flexibility index (Phi) is 7.08. The van der Waals surface area contributed by atoms with Crippen molar-refractivity contribution in [3.05, 3.63) is 76.0 Å². The number of carbonyl (C=O) groups excluding carboxylic acids is 1. The summed E-state index contributed by atoms with van der Waals surface area (Å²) in [5.74, 6) is 0.666. The molecule has 0 aliphatic heterocycles. The van der Waals surface area contributed by atoms with Crippen LogP contribution in [0.4, 0.5) is 0 Å². The molecule has 0 fully saturated rings. The standard InChI is InChI=1S/C26H27BrN4O2/c1-4-33-21-8-5-7-19(14-21)25-16-23(22-15-20(27)9-10-24(22)29-25)26(32)28-11-6-12-31-18(3)13-17(2)30-31/h5,7-10,13-16H,4,6,11-12H2,1-3H3,(H,28,32). The molecule has 170 valence electrons. The van der Waals surface area contributed by atoms with E-state index in [9.17, 15) is 4.79 Å². The molecule has 0 radical (unpaired) electrons. The number of pyridine rings is 1. The Morgan fingerprint density at radius 1 is 1.12 bits per heavy atom. The number of aromatic nitrogens is 3. The van der Waals surface area contributed by atoms with Crippen molar-refractivity contribution >= 4 is 32.7 Å². The highest BCUT2D eigenvalue weighted by atomic mass is 79.9. The number of nitrogens with one attached hydrogen (secondary N) is 1. The van der Waals surface area contributed by atoms with Gasteiger partial charge in [0, 0.05) is 34.2 Å². The first-order chi connectivity index (χ1) is 15.9. The molecule has 2 aromatic carbocycles. The van der Waals surface area contributed by atoms with Gasteiger partial charge in [-0.15, -0.1) is 0 Å². The number of nitrogens with zero attached hydrogens (tertiary/aromatic N) is 3. The van der Waals surface area contributed by atoms with Gasteiger partial charge in [-0.05, 0) is 69.7 Å². The van der Waals surface area contributed by atoms with Gasteiger partial charge in [-0.3, -0.25) is 9.48 Å². The van der Waals surface area contributed by atoms with Crippen LogP contribution in [0.25, 0.3) is 22.2 Å². The monoisotopic (exact) mass is 506 g/mol. The van der Waals surface area contributed by atoms with Crippen molar-refractivity contribution in [2.24, 2.45) is 0 Å². The molecular formula is C26H27BrN4O2. The van der Waals surface area contributed by atoms with E-state index in [0.717, 1.165) is 56.7 Å². The third-order valence-corrected chi connectivity index (χ3v) is 5.89. The van der Waals surface area contributed by atoms with Crippen molar-refractivity contribution in [3.8, 4) is 17.0 Å². The number of halogens is 1. The molecule has 0 saturated carbocycles. The van der Waals surface area contributed by atoms with Crippen molar-refractivity contribution in [2.45, 2.75) is 33.7 Å². The molecule has 7 heteroatoms. The molecule has 0 aliphatic rings. The van der Waals surface area contributed by atoms with Crippen LogP contribution in [0.1, 0.15) is 35.1 Å². The van der Waals surface area contributed by atoms with Crippen LogP contribution in [0.3, 0.4) is 0 Å². The molecule has 0 aliphatic carbocycles. The van der Waals surface area contributed by atoms with E-state index in [-0.39, 0.29) is 5.91 Å². The molecule has 0 bridgehead atoms. The van der Waals surface area contributed by atoms with Crippen LogP contribution < -0.4 is 10.1 Å². The summed E-state index contributed by atoms with van der Waals surface area (Å²) in [5, 5.41) is 8.36. The maximum Gasteiger partial charge on any atom is 0.252 e. The second-order valence-electron chi connectivity index (χ2n) is 7.94. The van der Waals surface area contributed by atoms with Gasteiger partial charge in [0.1, 0.15) is 5.75 Å². The minimum absolute atomic E-state index is 0.115. The molecule has 2 aromatic heterocycles. The van der Waals surface area contributed by atoms with Crippen molar-refractivity contribution in [1.29, 1.82) is 0 Å². The summed E-state index contributed by atoms with van der Waals surface area (Å²) in [5.41, 5.74) is 5.15. The molecule has 4 rings (SSSR count). The number of carbonyl (C=O) groups is 1. The number of ether oxygens (including phenoxy) is 1. The van der Waals surface area contributed by atoms with Gasteiger partial charge >= 0.3 is 0 Å². The molecular weight excluding hydrogens is 480 g/mol. The highest BCUT2D eigenvalue weighted by Gasteiger charge is 2.15. The molecule has 6 nitrogen and oxygen atoms in total. The van der Waals surface area contributed by atoms with E-state index in [1.165, 1.54) is 0 Å². The summed E-state index contributed by atoms with van der Waals surface area (Å²) in [6, 6.07) is 17.5. The zero-order valence-corrected chi connectivity index (χ0v) is 20.6. The average molecular weight is 507 g/mol. The first kappa shape index (κ1) is 23.0. The number of benzene rings is 2. The van der Waals surface area contributed by atoms with Gasteiger partial charge in [-0.2, -0.15) is 5.10 Å². The second kappa shape index (κ2) is 10.2. The lowest BCUT2D eigenvalue weighted by molar-refractivity contribution is 0.0954. The quantitative estimate of drug-likeness (QED) is 0.311. The van der Waals surface area contributed by atoms with Crippen molar-refractivity contribution in [2.75, 3.05) is 13.2 Å². The number of hydrogen-bond acceptors (Lipinski definition) is 4. The lowest BCUT2D eigenvalue weighted by atomic mass is 10.0. The van der Waals surface area contributed by atoms with Gasteiger partial charge in [0.15, 0.2) is 0 Å². The predicted octanol–water partition coefficient (Wildman–Crippen LogP) is 5.70. The summed E-state index contributed by atoms with van der Waals surface area (Å²) >= 11 is 3.52. The van der Waals surface area contributed by atoms with Gasteiger partial charge in [0.05, 0.1) is 29.1 Å². The number of fused-ring (bicyclic) bond motifs is 1. The van der Waals surface area contributed by atoms with E-state index < -0.39 is 0 Å². The highest BCUT2D eigenvalue weighted by molar-refractivity contribution is 9.10. The second-order valence-corrected chi connectivity index (χ2v) is 8.85. The van der Waals surface area contributed by atoms with Crippen LogP contribution in [0.2, 0.25) is 0 Å². The van der Waals surface area contributed by atoms with Crippen molar-refractivity contribution in [1.82, 2.24) is 20.1 Å². The lowest BCUT2D eigenvalue weighted by Crippen LogP contribution is -2.26. The van der Waals surface area contributed by atoms with Gasteiger partial charge in [0.2, 0.25) is 0 Å². The summed E-state index contributed by atoms with van der Waals surface area (Å²) in [6.07, 6.45) is 0.795. The Bertz CT molecular complexity index is 1300. The molecule has 1 N–H and O–H groups in total. The van der Waals surface area contributed by atoms with Crippen LogP contribution in [-0.2, 0) is 6.54 Å². The SMILES string of the molecule is CCOc1cccc(-c2cc(C(=O)NCCCn3nc(C)cc3C)c3cc(Br)ccc3n2)c1. The maximum absolute atomic E-state index is 13.2. The molecule has 2 heterocycles. The number of amides is 1. The molecule has 0 unspecified atom stereocenters. The third-order valence-electron chi connectivity index (χ3n) is 5.39. The topological polar surface area (TPSA) is 69.0 Å². The Labute approximate surface area is 202 Å². The van der Waals surface area contributed by atoms with Crippen LogP contribution in [0.5, 0.6) is 5.75 Å². The van der Waals surface area contributed by atoms with E-state index in [2.05, 4.69) is 32.4 Å². The van der Waals surface area contributed by atoms with Crippen molar-refractivity contribution < 1.29 is 9.53 Å². The lowest BCUT2D eigenvalue weighted by Gasteiger charge is -2.12. The Morgan fingerprint density at radius 3 is 2.73 bits per heavy atom. The van der Waals surface area contributed by atoms with Crippen LogP contribution >= 0.6 is 15.9 Å². The summed E-state index contributed by atoms with van der Waals surface area (Å²) in [6.45, 7) is 7.90. The number of rotatable bonds is 8. The Balaban J connectivity index is 1.58. The maximum atomic E-state index is 13.2. The first-order valence-corrected chi connectivity index (χ1v) is 11.9. The molecule has 33 heavy (non-hydrogen) atoms. The van der Waals surface area contributed by atoms with E-state index in [1.54, 1.807) is 0 Å². The van der Waals surface area contributed by atoms with Gasteiger partial charge in [-0.25, -0.2) is 4.98 Å². The largest absolute Gasteiger partial charge is 0.494 e. The fraction of sp³-hybridized carbons (Fsp3) is 0.269. The summed E-state index contributed by atoms with van der Waals surface area (Å²) in [7, 11) is 0. The Morgan fingerprint density at radius 2 is 1.97 bits per heavy atom. The minimum atomic E-state index is -0.115. The van der Waals surface area contributed by atoms with Gasteiger partial charge in [-0.1, -0.05) is 28.1 Å². The molecule has 0 spiro atoms. The molecule has 1 amide bonds. The van der Waals surface area contributed by atoms with Crippen LogP contribution in [0.15, 0.2) is 59.1 Å². The average Bonchev–Trinajstić information content (AvgIpc) is 3.13. The molecule has 0 saturated heterocycles.